The molecule has 0 saturated carbocycles. The highest BCUT2D eigenvalue weighted by Gasteiger charge is 2.28. The number of rotatable bonds is 0. The molecule has 4 nitrogen and oxygen atoms in total. The van der Waals surface area contributed by atoms with E-state index in [1.807, 2.05) is 18.2 Å². The number of hydrogen-bond donors (Lipinski definition) is 0. The molecule has 2 aromatic heterocycles. The molecule has 0 amide bonds. The largest absolute Gasteiger partial charge is 0.462 e. The molecular formula is C28H31N2O2+. The van der Waals surface area contributed by atoms with Gasteiger partial charge in [0.1, 0.15) is 12.6 Å². The Hall–Kier alpha value is -3.14. The Kier molecular flexibility index (Phi) is 5.69. The highest BCUT2D eigenvalue weighted by molar-refractivity contribution is 6.04. The number of carbonyl (C=O) groups excluding carboxylic acids is 1. The standard InChI is InChI=1S/C28H31N2O2/c1-20-13-14-26-22(17-20)24-19-30(26)15-9-5-3-4-6-10-16-32-28(31)23-18-21-11-7-8-12-25(21)29(2)27(23)24/h7-8,11-14,17-19H,3-6,9-10,15-16H2,1-2H3/q+1. The summed E-state index contributed by atoms with van der Waals surface area (Å²) in [7, 11) is 2.06. The van der Waals surface area contributed by atoms with Crippen molar-refractivity contribution in [1.29, 1.82) is 0 Å². The lowest BCUT2D eigenvalue weighted by atomic mass is 10.0. The number of para-hydroxylation sites is 1. The lowest BCUT2D eigenvalue weighted by molar-refractivity contribution is -0.633. The van der Waals surface area contributed by atoms with E-state index in [1.165, 1.54) is 42.1 Å². The molecule has 4 aromatic rings. The van der Waals surface area contributed by atoms with E-state index < -0.39 is 0 Å². The van der Waals surface area contributed by atoms with Gasteiger partial charge in [0.25, 0.3) is 0 Å². The molecule has 0 fully saturated rings. The number of hydrogen-bond acceptors (Lipinski definition) is 2. The summed E-state index contributed by atoms with van der Waals surface area (Å²) >= 11 is 0. The molecule has 3 heterocycles. The number of pyridine rings is 1. The van der Waals surface area contributed by atoms with E-state index in [9.17, 15) is 4.79 Å². The topological polar surface area (TPSA) is 35.1 Å². The zero-order chi connectivity index (χ0) is 22.1. The summed E-state index contributed by atoms with van der Waals surface area (Å²) in [4.78, 5) is 13.3. The zero-order valence-corrected chi connectivity index (χ0v) is 19.1. The average Bonchev–Trinajstić information content (AvgIpc) is 3.14. The summed E-state index contributed by atoms with van der Waals surface area (Å²) in [6, 6.07) is 16.9. The van der Waals surface area contributed by atoms with Gasteiger partial charge in [-0.3, -0.25) is 0 Å². The lowest BCUT2D eigenvalue weighted by Crippen LogP contribution is -2.34. The Morgan fingerprint density at radius 2 is 1.69 bits per heavy atom. The molecule has 0 saturated heterocycles. The van der Waals surface area contributed by atoms with Gasteiger partial charge in [-0.1, -0.05) is 49.4 Å². The van der Waals surface area contributed by atoms with Crippen LogP contribution in [-0.2, 0) is 18.3 Å². The number of ether oxygens (including phenoxy) is 1. The maximum atomic E-state index is 13.3. The number of carbonyl (C=O) groups is 1. The van der Waals surface area contributed by atoms with Crippen LogP contribution >= 0.6 is 0 Å². The Morgan fingerprint density at radius 3 is 2.56 bits per heavy atom. The summed E-state index contributed by atoms with van der Waals surface area (Å²) in [5.41, 5.74) is 6.22. The Morgan fingerprint density at radius 1 is 0.906 bits per heavy atom. The molecule has 164 valence electrons. The monoisotopic (exact) mass is 427 g/mol. The van der Waals surface area contributed by atoms with Crippen LogP contribution in [-0.4, -0.2) is 17.1 Å². The van der Waals surface area contributed by atoms with E-state index in [-0.39, 0.29) is 5.97 Å². The van der Waals surface area contributed by atoms with E-state index in [0.717, 1.165) is 41.5 Å². The summed E-state index contributed by atoms with van der Waals surface area (Å²) in [5, 5.41) is 2.24. The third-order valence-corrected chi connectivity index (χ3v) is 6.73. The van der Waals surface area contributed by atoms with Gasteiger partial charge in [0, 0.05) is 35.1 Å². The van der Waals surface area contributed by atoms with Crippen molar-refractivity contribution in [3.63, 3.8) is 0 Å². The summed E-state index contributed by atoms with van der Waals surface area (Å²) in [5.74, 6) is -0.232. The first-order chi connectivity index (χ1) is 15.6. The fourth-order valence-electron chi connectivity index (χ4n) is 5.04. The van der Waals surface area contributed by atoms with Crippen molar-refractivity contribution in [3.8, 4) is 11.3 Å². The SMILES string of the molecule is Cc1ccc2c(c1)c1cn2CCCCCCCCOC(=O)c2cc3ccccc3[n+](C)c2-1. The lowest BCUT2D eigenvalue weighted by Gasteiger charge is -2.10. The van der Waals surface area contributed by atoms with Crippen molar-refractivity contribution in [2.24, 2.45) is 7.05 Å². The van der Waals surface area contributed by atoms with Crippen LogP contribution in [0.25, 0.3) is 33.1 Å². The van der Waals surface area contributed by atoms with Crippen LogP contribution in [0.5, 0.6) is 0 Å². The van der Waals surface area contributed by atoms with Crippen LogP contribution in [0.3, 0.4) is 0 Å². The van der Waals surface area contributed by atoms with Crippen molar-refractivity contribution in [2.45, 2.75) is 52.0 Å². The van der Waals surface area contributed by atoms with E-state index in [0.29, 0.717) is 12.2 Å². The van der Waals surface area contributed by atoms with E-state index in [4.69, 9.17) is 4.74 Å². The van der Waals surface area contributed by atoms with Gasteiger partial charge in [0.2, 0.25) is 11.2 Å². The quantitative estimate of drug-likeness (QED) is 0.251. The molecule has 0 unspecified atom stereocenters. The minimum atomic E-state index is -0.232. The fraction of sp³-hybridized carbons (Fsp3) is 0.357. The minimum Gasteiger partial charge on any atom is -0.462 e. The van der Waals surface area contributed by atoms with Gasteiger partial charge < -0.3 is 9.30 Å². The maximum absolute atomic E-state index is 13.3. The van der Waals surface area contributed by atoms with Crippen LogP contribution in [0.4, 0.5) is 0 Å². The van der Waals surface area contributed by atoms with E-state index in [2.05, 4.69) is 59.6 Å². The number of aryl methyl sites for hydroxylation is 3. The summed E-state index contributed by atoms with van der Waals surface area (Å²) < 4.78 is 10.3. The normalized spacial score (nSPS) is 15.8. The van der Waals surface area contributed by atoms with E-state index >= 15 is 0 Å². The summed E-state index contributed by atoms with van der Waals surface area (Å²) in [6.45, 7) is 3.61. The first-order valence-electron chi connectivity index (χ1n) is 11.8. The predicted octanol–water partition coefficient (Wildman–Crippen LogP) is 6.11. The smallest absolute Gasteiger partial charge is 0.344 e. The molecule has 4 heteroatoms. The highest BCUT2D eigenvalue weighted by atomic mass is 16.5. The maximum Gasteiger partial charge on any atom is 0.344 e. The Labute approximate surface area is 189 Å². The second kappa shape index (κ2) is 8.78. The van der Waals surface area contributed by atoms with Crippen LogP contribution in [0, 0.1) is 6.92 Å². The van der Waals surface area contributed by atoms with Crippen LogP contribution in [0.2, 0.25) is 0 Å². The molecular weight excluding hydrogens is 396 g/mol. The Bertz CT molecular complexity index is 1300. The molecule has 32 heavy (non-hydrogen) atoms. The van der Waals surface area contributed by atoms with Gasteiger partial charge in [-0.05, 0) is 44.0 Å². The molecule has 0 atom stereocenters. The van der Waals surface area contributed by atoms with Gasteiger partial charge in [-0.25, -0.2) is 4.79 Å². The van der Waals surface area contributed by atoms with Crippen LogP contribution < -0.4 is 4.57 Å². The molecule has 0 aliphatic carbocycles. The first kappa shape index (κ1) is 20.7. The molecule has 0 spiro atoms. The van der Waals surface area contributed by atoms with Crippen molar-refractivity contribution in [3.05, 3.63) is 65.9 Å². The second-order valence-electron chi connectivity index (χ2n) is 9.04. The highest BCUT2D eigenvalue weighted by Crippen LogP contribution is 2.34. The number of benzene rings is 2. The zero-order valence-electron chi connectivity index (χ0n) is 19.1. The van der Waals surface area contributed by atoms with E-state index in [1.54, 1.807) is 0 Å². The number of fused-ring (bicyclic) bond motifs is 8. The molecule has 5 rings (SSSR count). The second-order valence-corrected chi connectivity index (χ2v) is 9.04. The molecule has 2 aromatic carbocycles. The molecule has 2 bridgehead atoms. The van der Waals surface area contributed by atoms with Gasteiger partial charge in [-0.2, -0.15) is 4.57 Å². The van der Waals surface area contributed by atoms with Crippen molar-refractivity contribution < 1.29 is 14.1 Å². The minimum absolute atomic E-state index is 0.232. The third-order valence-electron chi connectivity index (χ3n) is 6.73. The first-order valence-corrected chi connectivity index (χ1v) is 11.8. The molecule has 1 aliphatic heterocycles. The number of esters is 1. The third kappa shape index (κ3) is 3.79. The number of nitrogens with zero attached hydrogens (tertiary/aromatic N) is 2. The van der Waals surface area contributed by atoms with Crippen molar-refractivity contribution in [1.82, 2.24) is 4.57 Å². The van der Waals surface area contributed by atoms with Crippen molar-refractivity contribution in [2.75, 3.05) is 6.61 Å². The fourth-order valence-corrected chi connectivity index (χ4v) is 5.04. The molecule has 1 aliphatic rings. The van der Waals surface area contributed by atoms with Crippen molar-refractivity contribution >= 4 is 27.8 Å². The number of aromatic nitrogens is 2. The van der Waals surface area contributed by atoms with Crippen LogP contribution in [0.15, 0.2) is 54.7 Å². The Balaban J connectivity index is 1.79. The summed E-state index contributed by atoms with van der Waals surface area (Å²) in [6.07, 6.45) is 9.12. The number of cyclic esters (lactones) is 1. The van der Waals surface area contributed by atoms with Gasteiger partial charge in [0.15, 0.2) is 0 Å². The molecule has 0 N–H and O–H groups in total. The average molecular weight is 428 g/mol. The molecule has 0 radical (unpaired) electrons. The van der Waals surface area contributed by atoms with Gasteiger partial charge >= 0.3 is 5.97 Å². The van der Waals surface area contributed by atoms with Gasteiger partial charge in [-0.15, -0.1) is 0 Å². The predicted molar refractivity (Wildman–Crippen MR) is 129 cm³/mol. The van der Waals surface area contributed by atoms with Crippen LogP contribution in [0.1, 0.15) is 54.4 Å². The van der Waals surface area contributed by atoms with Gasteiger partial charge in [0.05, 0.1) is 12.2 Å².